The van der Waals surface area contributed by atoms with Gasteiger partial charge in [-0.15, -0.1) is 0 Å². The molecule has 1 aliphatic rings. The summed E-state index contributed by atoms with van der Waals surface area (Å²) in [6.45, 7) is 0.791. The van der Waals surface area contributed by atoms with Crippen LogP contribution in [0, 0.1) is 0 Å². The number of aliphatic hydroxyl groups excluding tert-OH is 1. The lowest BCUT2D eigenvalue weighted by Crippen LogP contribution is -2.41. The zero-order valence-corrected chi connectivity index (χ0v) is 12.0. The van der Waals surface area contributed by atoms with E-state index in [0.29, 0.717) is 18.1 Å². The number of rotatable bonds is 6. The predicted octanol–water partition coefficient (Wildman–Crippen LogP) is -0.524. The van der Waals surface area contributed by atoms with Gasteiger partial charge in [0.1, 0.15) is 5.56 Å². The smallest absolute Gasteiger partial charge is 0.267 e. The molecule has 0 fully saturated rings. The van der Waals surface area contributed by atoms with E-state index < -0.39 is 5.91 Å². The highest BCUT2D eigenvalue weighted by Crippen LogP contribution is 2.20. The van der Waals surface area contributed by atoms with Gasteiger partial charge in [0, 0.05) is 32.2 Å². The maximum atomic E-state index is 12.2. The monoisotopic (exact) mass is 299 g/mol. The van der Waals surface area contributed by atoms with Gasteiger partial charge in [-0.3, -0.25) is 14.2 Å². The van der Waals surface area contributed by atoms with E-state index in [4.69, 9.17) is 9.84 Å². The molecule has 0 bridgehead atoms. The number of hydrogen-bond acceptors (Lipinski definition) is 6. The molecular formula is C12H17N3O4S. The van der Waals surface area contributed by atoms with Crippen molar-refractivity contribution < 1.29 is 14.6 Å². The number of nitrogens with zero attached hydrogens (tertiary/aromatic N) is 2. The van der Waals surface area contributed by atoms with Crippen LogP contribution in [0.5, 0.6) is 0 Å². The standard InChI is InChI=1S/C12H17N3O4S/c1-19-7-8(2-4-16)14-10(17)9-6-13-12-15(11(9)18)3-5-20-12/h6,8,16H,2-5,7H2,1H3,(H,14,17). The lowest BCUT2D eigenvalue weighted by atomic mass is 10.2. The second-order valence-electron chi connectivity index (χ2n) is 4.40. The highest BCUT2D eigenvalue weighted by atomic mass is 32.2. The molecule has 1 aliphatic heterocycles. The van der Waals surface area contributed by atoms with Crippen molar-refractivity contribution in [3.63, 3.8) is 0 Å². The molecule has 1 aromatic rings. The van der Waals surface area contributed by atoms with Crippen molar-refractivity contribution in [3.05, 3.63) is 22.1 Å². The Labute approximate surface area is 120 Å². The van der Waals surface area contributed by atoms with Crippen LogP contribution >= 0.6 is 11.8 Å². The third-order valence-corrected chi connectivity index (χ3v) is 3.95. The summed E-state index contributed by atoms with van der Waals surface area (Å²) < 4.78 is 6.48. The minimum absolute atomic E-state index is 0.0234. The van der Waals surface area contributed by atoms with Crippen LogP contribution < -0.4 is 10.9 Å². The first-order valence-corrected chi connectivity index (χ1v) is 7.29. The molecule has 1 aromatic heterocycles. The van der Waals surface area contributed by atoms with Crippen molar-refractivity contribution in [2.45, 2.75) is 24.2 Å². The van der Waals surface area contributed by atoms with Gasteiger partial charge in [0.25, 0.3) is 11.5 Å². The van der Waals surface area contributed by atoms with Crippen LogP contribution in [-0.4, -0.2) is 52.7 Å². The number of aliphatic hydroxyl groups is 1. The number of ether oxygens (including phenoxy) is 1. The summed E-state index contributed by atoms with van der Waals surface area (Å²) >= 11 is 1.50. The van der Waals surface area contributed by atoms with Crippen molar-refractivity contribution in [1.29, 1.82) is 0 Å². The predicted molar refractivity (Wildman–Crippen MR) is 74.1 cm³/mol. The van der Waals surface area contributed by atoms with Crippen molar-refractivity contribution in [3.8, 4) is 0 Å². The Hall–Kier alpha value is -1.38. The highest BCUT2D eigenvalue weighted by Gasteiger charge is 2.21. The summed E-state index contributed by atoms with van der Waals surface area (Å²) in [5.41, 5.74) is -0.298. The van der Waals surface area contributed by atoms with E-state index in [1.165, 1.54) is 29.6 Å². The molecule has 0 aliphatic carbocycles. The van der Waals surface area contributed by atoms with E-state index in [0.717, 1.165) is 5.75 Å². The molecule has 0 saturated heterocycles. The number of nitrogens with one attached hydrogen (secondary N) is 1. The van der Waals surface area contributed by atoms with Gasteiger partial charge in [-0.2, -0.15) is 0 Å². The minimum atomic E-state index is -0.481. The van der Waals surface area contributed by atoms with E-state index >= 15 is 0 Å². The Balaban J connectivity index is 2.15. The molecule has 0 saturated carbocycles. The van der Waals surface area contributed by atoms with Crippen LogP contribution in [0.3, 0.4) is 0 Å². The molecule has 2 rings (SSSR count). The molecule has 20 heavy (non-hydrogen) atoms. The number of methoxy groups -OCH3 is 1. The van der Waals surface area contributed by atoms with Crippen LogP contribution in [0.4, 0.5) is 0 Å². The van der Waals surface area contributed by atoms with E-state index in [1.807, 2.05) is 0 Å². The highest BCUT2D eigenvalue weighted by molar-refractivity contribution is 7.99. The Bertz CT molecular complexity index is 540. The van der Waals surface area contributed by atoms with Crippen molar-refractivity contribution in [2.24, 2.45) is 0 Å². The Morgan fingerprint density at radius 1 is 1.70 bits per heavy atom. The SMILES string of the molecule is COCC(CCO)NC(=O)c1cnc2n(c1=O)CCS2. The molecule has 0 aromatic carbocycles. The number of amides is 1. The fourth-order valence-electron chi connectivity index (χ4n) is 1.99. The average Bonchev–Trinajstić information content (AvgIpc) is 2.89. The number of carbonyl (C=O) groups is 1. The van der Waals surface area contributed by atoms with Crippen LogP contribution in [-0.2, 0) is 11.3 Å². The van der Waals surface area contributed by atoms with Crippen molar-refractivity contribution in [2.75, 3.05) is 26.1 Å². The first-order valence-electron chi connectivity index (χ1n) is 6.30. The summed E-state index contributed by atoms with van der Waals surface area (Å²) in [6, 6.07) is -0.329. The third kappa shape index (κ3) is 3.20. The van der Waals surface area contributed by atoms with Crippen molar-refractivity contribution in [1.82, 2.24) is 14.9 Å². The Morgan fingerprint density at radius 2 is 2.50 bits per heavy atom. The summed E-state index contributed by atoms with van der Waals surface area (Å²) in [7, 11) is 1.51. The van der Waals surface area contributed by atoms with E-state index in [-0.39, 0.29) is 30.4 Å². The number of thioether (sulfide) groups is 1. The molecule has 0 radical (unpaired) electrons. The van der Waals surface area contributed by atoms with Crippen LogP contribution in [0.15, 0.2) is 16.1 Å². The molecular weight excluding hydrogens is 282 g/mol. The van der Waals surface area contributed by atoms with E-state index in [2.05, 4.69) is 10.3 Å². The number of hydrogen-bond donors (Lipinski definition) is 2. The first kappa shape index (κ1) is 15.0. The van der Waals surface area contributed by atoms with Gasteiger partial charge < -0.3 is 15.2 Å². The van der Waals surface area contributed by atoms with Gasteiger partial charge in [-0.25, -0.2) is 4.98 Å². The van der Waals surface area contributed by atoms with Gasteiger partial charge in [0.05, 0.1) is 12.6 Å². The Morgan fingerprint density at radius 3 is 3.20 bits per heavy atom. The third-order valence-electron chi connectivity index (χ3n) is 2.98. The zero-order chi connectivity index (χ0) is 14.5. The first-order chi connectivity index (χ1) is 9.67. The van der Waals surface area contributed by atoms with Gasteiger partial charge in [0.15, 0.2) is 5.16 Å². The van der Waals surface area contributed by atoms with Crippen LogP contribution in [0.25, 0.3) is 0 Å². The number of carbonyl (C=O) groups excluding carboxylic acids is 1. The van der Waals surface area contributed by atoms with Gasteiger partial charge in [-0.1, -0.05) is 11.8 Å². The molecule has 2 heterocycles. The zero-order valence-electron chi connectivity index (χ0n) is 11.2. The number of fused-ring (bicyclic) bond motifs is 1. The second kappa shape index (κ2) is 6.87. The van der Waals surface area contributed by atoms with E-state index in [1.54, 1.807) is 0 Å². The van der Waals surface area contributed by atoms with Crippen LogP contribution in [0.1, 0.15) is 16.8 Å². The van der Waals surface area contributed by atoms with Gasteiger partial charge in [0.2, 0.25) is 0 Å². The molecule has 1 amide bonds. The lowest BCUT2D eigenvalue weighted by Gasteiger charge is -2.16. The number of aromatic nitrogens is 2. The van der Waals surface area contributed by atoms with Crippen molar-refractivity contribution >= 4 is 17.7 Å². The fraction of sp³-hybridized carbons (Fsp3) is 0.583. The Kier molecular flexibility index (Phi) is 5.16. The van der Waals surface area contributed by atoms with Gasteiger partial charge >= 0.3 is 0 Å². The average molecular weight is 299 g/mol. The molecule has 1 unspecified atom stereocenters. The lowest BCUT2D eigenvalue weighted by molar-refractivity contribution is 0.0876. The molecule has 7 nitrogen and oxygen atoms in total. The summed E-state index contributed by atoms with van der Waals surface area (Å²) in [5, 5.41) is 12.3. The molecule has 110 valence electrons. The van der Waals surface area contributed by atoms with Gasteiger partial charge in [-0.05, 0) is 6.42 Å². The molecule has 0 spiro atoms. The fourth-order valence-corrected chi connectivity index (χ4v) is 2.90. The normalized spacial score (nSPS) is 14.9. The molecule has 1 atom stereocenters. The summed E-state index contributed by atoms with van der Waals surface area (Å²) in [5.74, 6) is 0.314. The summed E-state index contributed by atoms with van der Waals surface area (Å²) in [6.07, 6.45) is 1.68. The molecule has 8 heteroatoms. The minimum Gasteiger partial charge on any atom is -0.396 e. The maximum absolute atomic E-state index is 12.2. The van der Waals surface area contributed by atoms with Crippen LogP contribution in [0.2, 0.25) is 0 Å². The topological polar surface area (TPSA) is 93.4 Å². The maximum Gasteiger partial charge on any atom is 0.267 e. The largest absolute Gasteiger partial charge is 0.396 e. The summed E-state index contributed by atoms with van der Waals surface area (Å²) in [4.78, 5) is 28.4. The second-order valence-corrected chi connectivity index (χ2v) is 5.46. The van der Waals surface area contributed by atoms with E-state index in [9.17, 15) is 9.59 Å². The molecule has 2 N–H and O–H groups in total. The quantitative estimate of drug-likeness (QED) is 0.686.